The maximum atomic E-state index is 11.6. The van der Waals surface area contributed by atoms with Crippen molar-refractivity contribution in [2.75, 3.05) is 33.7 Å². The zero-order valence-corrected chi connectivity index (χ0v) is 16.7. The molecule has 0 unspecified atom stereocenters. The summed E-state index contributed by atoms with van der Waals surface area (Å²) in [6.07, 6.45) is 0.751. The largest absolute Gasteiger partial charge is 0.461 e. The number of hydrogen-bond donors (Lipinski definition) is 2. The Labute approximate surface area is 159 Å². The number of aliphatic imine (C=N–C) groups is 1. The van der Waals surface area contributed by atoms with Gasteiger partial charge in [-0.25, -0.2) is 4.99 Å². The predicted octanol–water partition coefficient (Wildman–Crippen LogP) is 2.24. The molecule has 0 saturated heterocycles. The Morgan fingerprint density at radius 2 is 2.00 bits per heavy atom. The maximum absolute atomic E-state index is 11.6. The fourth-order valence-corrected chi connectivity index (χ4v) is 2.09. The summed E-state index contributed by atoms with van der Waals surface area (Å²) in [6.45, 7) is 3.55. The molecule has 2 N–H and O–H groups in total. The standard InChI is InChI=1S/C17H24N4O2.HI/c1-4-18-17(20-12-16(22)21(2)3)19-10-9-14-11-13-7-5-6-8-15(13)23-14;/h5-8,11H,4,9-10,12H2,1-3H3,(H2,18,19,20);1H. The van der Waals surface area contributed by atoms with E-state index in [0.29, 0.717) is 12.5 Å². The van der Waals surface area contributed by atoms with Gasteiger partial charge in [0.05, 0.1) is 0 Å². The van der Waals surface area contributed by atoms with Crippen LogP contribution in [0.25, 0.3) is 11.0 Å². The minimum Gasteiger partial charge on any atom is -0.461 e. The van der Waals surface area contributed by atoms with Gasteiger partial charge in [0.25, 0.3) is 0 Å². The Morgan fingerprint density at radius 1 is 1.25 bits per heavy atom. The molecule has 0 saturated carbocycles. The highest BCUT2D eigenvalue weighted by Crippen LogP contribution is 2.18. The summed E-state index contributed by atoms with van der Waals surface area (Å²) < 4.78 is 5.78. The lowest BCUT2D eigenvalue weighted by atomic mass is 10.2. The highest BCUT2D eigenvalue weighted by Gasteiger charge is 2.05. The van der Waals surface area contributed by atoms with E-state index in [4.69, 9.17) is 4.42 Å². The molecule has 6 nitrogen and oxygen atoms in total. The van der Waals surface area contributed by atoms with Crippen molar-refractivity contribution in [2.24, 2.45) is 4.99 Å². The number of likely N-dealkylation sites (N-methyl/N-ethyl adjacent to an activating group) is 1. The van der Waals surface area contributed by atoms with Crippen LogP contribution < -0.4 is 10.6 Å². The first-order valence-electron chi connectivity index (χ1n) is 7.80. The van der Waals surface area contributed by atoms with E-state index >= 15 is 0 Å². The monoisotopic (exact) mass is 444 g/mol. The van der Waals surface area contributed by atoms with Gasteiger partial charge in [-0.2, -0.15) is 0 Å². The minimum atomic E-state index is -0.0283. The quantitative estimate of drug-likeness (QED) is 0.408. The molecule has 7 heteroatoms. The zero-order valence-electron chi connectivity index (χ0n) is 14.3. The van der Waals surface area contributed by atoms with E-state index in [9.17, 15) is 4.79 Å². The number of guanidine groups is 1. The average molecular weight is 444 g/mol. The number of furan rings is 1. The van der Waals surface area contributed by atoms with Crippen molar-refractivity contribution >= 4 is 46.8 Å². The van der Waals surface area contributed by atoms with E-state index in [2.05, 4.69) is 21.7 Å². The zero-order chi connectivity index (χ0) is 16.7. The van der Waals surface area contributed by atoms with Gasteiger partial charge in [0.15, 0.2) is 5.96 Å². The van der Waals surface area contributed by atoms with Gasteiger partial charge in [-0.05, 0) is 19.1 Å². The molecule has 0 fully saturated rings. The number of nitrogens with one attached hydrogen (secondary N) is 2. The predicted molar refractivity (Wildman–Crippen MR) is 108 cm³/mol. The number of halogens is 1. The van der Waals surface area contributed by atoms with Crippen LogP contribution >= 0.6 is 24.0 Å². The van der Waals surface area contributed by atoms with E-state index < -0.39 is 0 Å². The Balaban J connectivity index is 0.00000288. The number of carbonyl (C=O) groups is 1. The van der Waals surface area contributed by atoms with Crippen molar-refractivity contribution in [3.63, 3.8) is 0 Å². The fourth-order valence-electron chi connectivity index (χ4n) is 2.09. The number of carbonyl (C=O) groups excluding carboxylic acids is 1. The highest BCUT2D eigenvalue weighted by atomic mass is 127. The topological polar surface area (TPSA) is 69.9 Å². The van der Waals surface area contributed by atoms with Gasteiger partial charge in [0.2, 0.25) is 5.91 Å². The average Bonchev–Trinajstić information content (AvgIpc) is 2.94. The molecule has 1 aromatic heterocycles. The number of hydrogen-bond acceptors (Lipinski definition) is 3. The van der Waals surface area contributed by atoms with Crippen LogP contribution in [0, 0.1) is 0 Å². The number of benzene rings is 1. The molecular weight excluding hydrogens is 419 g/mol. The van der Waals surface area contributed by atoms with Gasteiger partial charge < -0.3 is 20.0 Å². The maximum Gasteiger partial charge on any atom is 0.243 e. The van der Waals surface area contributed by atoms with Crippen molar-refractivity contribution in [2.45, 2.75) is 13.3 Å². The Hall–Kier alpha value is -1.77. The minimum absolute atomic E-state index is 0. The Bertz CT molecular complexity index is 649. The van der Waals surface area contributed by atoms with Crippen LogP contribution in [0.15, 0.2) is 39.7 Å². The summed E-state index contributed by atoms with van der Waals surface area (Å²) in [7, 11) is 3.44. The van der Waals surface area contributed by atoms with Crippen LogP contribution in [0.4, 0.5) is 0 Å². The third-order valence-corrected chi connectivity index (χ3v) is 3.36. The molecule has 0 aliphatic heterocycles. The molecule has 0 atom stereocenters. The second-order valence-corrected chi connectivity index (χ2v) is 5.41. The molecule has 0 radical (unpaired) electrons. The van der Waals surface area contributed by atoms with E-state index in [0.717, 1.165) is 29.7 Å². The van der Waals surface area contributed by atoms with Crippen LogP contribution in [-0.4, -0.2) is 50.5 Å². The molecule has 1 amide bonds. The summed E-state index contributed by atoms with van der Waals surface area (Å²) in [5.41, 5.74) is 0.902. The van der Waals surface area contributed by atoms with Gasteiger partial charge in [-0.15, -0.1) is 24.0 Å². The van der Waals surface area contributed by atoms with Gasteiger partial charge in [0.1, 0.15) is 17.9 Å². The van der Waals surface area contributed by atoms with E-state index in [1.54, 1.807) is 14.1 Å². The number of fused-ring (bicyclic) bond motifs is 1. The van der Waals surface area contributed by atoms with Gasteiger partial charge in [0, 0.05) is 39.0 Å². The molecule has 0 bridgehead atoms. The highest BCUT2D eigenvalue weighted by molar-refractivity contribution is 14.0. The number of nitrogens with zero attached hydrogens (tertiary/aromatic N) is 2. The molecule has 2 rings (SSSR count). The smallest absolute Gasteiger partial charge is 0.243 e. The second kappa shape index (κ2) is 10.2. The Morgan fingerprint density at radius 3 is 2.67 bits per heavy atom. The van der Waals surface area contributed by atoms with Crippen LogP contribution in [0.1, 0.15) is 12.7 Å². The molecule has 0 aliphatic rings. The number of amides is 1. The molecule has 24 heavy (non-hydrogen) atoms. The number of para-hydroxylation sites is 1. The van der Waals surface area contributed by atoms with Crippen molar-refractivity contribution < 1.29 is 9.21 Å². The third kappa shape index (κ3) is 6.03. The van der Waals surface area contributed by atoms with Gasteiger partial charge in [-0.1, -0.05) is 18.2 Å². The van der Waals surface area contributed by atoms with Crippen LogP contribution in [0.3, 0.4) is 0 Å². The molecule has 1 aromatic carbocycles. The second-order valence-electron chi connectivity index (χ2n) is 5.41. The molecular formula is C17H25IN4O2. The van der Waals surface area contributed by atoms with Crippen molar-refractivity contribution in [3.05, 3.63) is 36.1 Å². The fraction of sp³-hybridized carbons (Fsp3) is 0.412. The molecule has 132 valence electrons. The van der Waals surface area contributed by atoms with Gasteiger partial charge >= 0.3 is 0 Å². The summed E-state index contributed by atoms with van der Waals surface area (Å²) in [4.78, 5) is 17.4. The first-order valence-corrected chi connectivity index (χ1v) is 7.80. The first-order chi connectivity index (χ1) is 11.1. The summed E-state index contributed by atoms with van der Waals surface area (Å²) in [5, 5.41) is 7.45. The van der Waals surface area contributed by atoms with Crippen molar-refractivity contribution in [1.29, 1.82) is 0 Å². The van der Waals surface area contributed by atoms with Crippen LogP contribution in [-0.2, 0) is 11.2 Å². The lowest BCUT2D eigenvalue weighted by Crippen LogP contribution is -2.39. The Kier molecular flexibility index (Phi) is 8.59. The summed E-state index contributed by atoms with van der Waals surface area (Å²) in [5.74, 6) is 1.54. The van der Waals surface area contributed by atoms with Crippen LogP contribution in [0.5, 0.6) is 0 Å². The molecule has 0 spiro atoms. The van der Waals surface area contributed by atoms with E-state index in [1.165, 1.54) is 4.90 Å². The van der Waals surface area contributed by atoms with Crippen LogP contribution in [0.2, 0.25) is 0 Å². The first kappa shape index (κ1) is 20.3. The lowest BCUT2D eigenvalue weighted by Gasteiger charge is -2.12. The SMILES string of the molecule is CCNC(=NCC(=O)N(C)C)NCCc1cc2ccccc2o1.I. The molecule has 1 heterocycles. The van der Waals surface area contributed by atoms with Gasteiger partial charge in [-0.3, -0.25) is 4.79 Å². The molecule has 2 aromatic rings. The van der Waals surface area contributed by atoms with E-state index in [-0.39, 0.29) is 36.4 Å². The van der Waals surface area contributed by atoms with Crippen molar-refractivity contribution in [1.82, 2.24) is 15.5 Å². The van der Waals surface area contributed by atoms with E-state index in [1.807, 2.05) is 31.2 Å². The normalized spacial score (nSPS) is 11.0. The molecule has 0 aliphatic carbocycles. The lowest BCUT2D eigenvalue weighted by molar-refractivity contribution is -0.127. The number of rotatable bonds is 6. The third-order valence-electron chi connectivity index (χ3n) is 3.36. The summed E-state index contributed by atoms with van der Waals surface area (Å²) in [6, 6.07) is 10.0. The van der Waals surface area contributed by atoms with Crippen molar-refractivity contribution in [3.8, 4) is 0 Å². The summed E-state index contributed by atoms with van der Waals surface area (Å²) >= 11 is 0.